The maximum atomic E-state index is 11.8. The molecule has 0 saturated heterocycles. The third kappa shape index (κ3) is 7.43. The third-order valence-electron chi connectivity index (χ3n) is 6.22. The van der Waals surface area contributed by atoms with E-state index in [9.17, 15) is 19.8 Å². The molecule has 0 spiro atoms. The van der Waals surface area contributed by atoms with Crippen molar-refractivity contribution in [1.82, 2.24) is 0 Å². The van der Waals surface area contributed by atoms with Gasteiger partial charge in [0.05, 0.1) is 12.0 Å². The molecule has 0 heterocycles. The SMILES string of the molecule is CC(C)(Cc1ccccc1)[C@H](O)CCC/C=C\CC[C@H](C(=O)O)[C@H]1CCCC1=O. The largest absolute Gasteiger partial charge is 0.481 e. The zero-order valence-electron chi connectivity index (χ0n) is 17.8. The molecule has 1 aliphatic carbocycles. The quantitative estimate of drug-likeness (QED) is 0.374. The number of rotatable bonds is 12. The molecule has 3 atom stereocenters. The number of carboxylic acid groups (broad SMARTS) is 1. The minimum absolute atomic E-state index is 0.119. The molecule has 0 radical (unpaired) electrons. The van der Waals surface area contributed by atoms with E-state index >= 15 is 0 Å². The molecule has 2 N–H and O–H groups in total. The number of benzene rings is 1. The molecule has 0 aromatic heterocycles. The fraction of sp³-hybridized carbons (Fsp3) is 0.600. The number of allylic oxidation sites excluding steroid dienone is 2. The first-order valence-electron chi connectivity index (χ1n) is 10.9. The summed E-state index contributed by atoms with van der Waals surface area (Å²) < 4.78 is 0. The Balaban J connectivity index is 1.67. The highest BCUT2D eigenvalue weighted by Gasteiger charge is 2.35. The first-order chi connectivity index (χ1) is 13.8. The summed E-state index contributed by atoms with van der Waals surface area (Å²) in [5.41, 5.74) is 1.07. The normalized spacial score (nSPS) is 19.6. The number of carboxylic acids is 1. The van der Waals surface area contributed by atoms with Gasteiger partial charge in [0, 0.05) is 12.3 Å². The molecule has 1 aliphatic rings. The van der Waals surface area contributed by atoms with Gasteiger partial charge in [-0.15, -0.1) is 0 Å². The van der Waals surface area contributed by atoms with Gasteiger partial charge >= 0.3 is 5.97 Å². The van der Waals surface area contributed by atoms with Crippen molar-refractivity contribution >= 4 is 11.8 Å². The van der Waals surface area contributed by atoms with E-state index in [1.807, 2.05) is 24.3 Å². The number of Topliss-reactive ketones (excluding diaryl/α,β-unsaturated/α-hetero) is 1. The summed E-state index contributed by atoms with van der Waals surface area (Å²) in [7, 11) is 0. The number of hydrogen-bond acceptors (Lipinski definition) is 3. The van der Waals surface area contributed by atoms with Crippen molar-refractivity contribution in [2.75, 3.05) is 0 Å². The van der Waals surface area contributed by atoms with Crippen LogP contribution in [-0.4, -0.2) is 28.1 Å². The van der Waals surface area contributed by atoms with Crippen LogP contribution in [0.25, 0.3) is 0 Å². The lowest BCUT2D eigenvalue weighted by Crippen LogP contribution is -2.31. The third-order valence-corrected chi connectivity index (χ3v) is 6.22. The van der Waals surface area contributed by atoms with Crippen LogP contribution in [0.3, 0.4) is 0 Å². The molecule has 29 heavy (non-hydrogen) atoms. The molecule has 1 saturated carbocycles. The van der Waals surface area contributed by atoms with Crippen LogP contribution in [0.4, 0.5) is 0 Å². The zero-order chi connectivity index (χ0) is 21.3. The van der Waals surface area contributed by atoms with E-state index in [1.54, 1.807) is 0 Å². The molecule has 0 amide bonds. The Morgan fingerprint density at radius 2 is 1.86 bits per heavy atom. The summed E-state index contributed by atoms with van der Waals surface area (Å²) in [5.74, 6) is -1.56. The smallest absolute Gasteiger partial charge is 0.307 e. The van der Waals surface area contributed by atoms with Crippen LogP contribution in [0.5, 0.6) is 0 Å². The molecule has 4 nitrogen and oxygen atoms in total. The van der Waals surface area contributed by atoms with Crippen molar-refractivity contribution in [1.29, 1.82) is 0 Å². The number of unbranched alkanes of at least 4 members (excludes halogenated alkanes) is 1. The number of carbonyl (C=O) groups is 2. The van der Waals surface area contributed by atoms with Gasteiger partial charge in [0.1, 0.15) is 5.78 Å². The molecule has 0 unspecified atom stereocenters. The molecule has 1 aromatic carbocycles. The Morgan fingerprint density at radius 1 is 1.17 bits per heavy atom. The summed E-state index contributed by atoms with van der Waals surface area (Å²) >= 11 is 0. The van der Waals surface area contributed by atoms with Crippen molar-refractivity contribution in [2.45, 2.75) is 77.7 Å². The highest BCUT2D eigenvalue weighted by molar-refractivity contribution is 5.87. The van der Waals surface area contributed by atoms with Gasteiger partial charge in [-0.05, 0) is 62.3 Å². The maximum Gasteiger partial charge on any atom is 0.307 e. The molecule has 2 rings (SSSR count). The Morgan fingerprint density at radius 3 is 2.48 bits per heavy atom. The number of aliphatic hydroxyl groups excluding tert-OH is 1. The second-order valence-corrected chi connectivity index (χ2v) is 9.06. The van der Waals surface area contributed by atoms with Gasteiger partial charge < -0.3 is 10.2 Å². The molecular weight excluding hydrogens is 364 g/mol. The van der Waals surface area contributed by atoms with Crippen molar-refractivity contribution in [3.63, 3.8) is 0 Å². The van der Waals surface area contributed by atoms with Crippen molar-refractivity contribution < 1.29 is 19.8 Å². The van der Waals surface area contributed by atoms with Crippen molar-refractivity contribution in [3.8, 4) is 0 Å². The molecule has 1 fully saturated rings. The predicted molar refractivity (Wildman–Crippen MR) is 116 cm³/mol. The van der Waals surface area contributed by atoms with Crippen LogP contribution < -0.4 is 0 Å². The van der Waals surface area contributed by atoms with Crippen molar-refractivity contribution in [2.24, 2.45) is 17.3 Å². The Labute approximate surface area is 175 Å². The van der Waals surface area contributed by atoms with E-state index in [0.29, 0.717) is 19.3 Å². The maximum absolute atomic E-state index is 11.8. The van der Waals surface area contributed by atoms with E-state index in [1.165, 1.54) is 5.56 Å². The van der Waals surface area contributed by atoms with Crippen molar-refractivity contribution in [3.05, 3.63) is 48.0 Å². The van der Waals surface area contributed by atoms with Gasteiger partial charge in [-0.25, -0.2) is 0 Å². The zero-order valence-corrected chi connectivity index (χ0v) is 17.8. The lowest BCUT2D eigenvalue weighted by molar-refractivity contribution is -0.146. The van der Waals surface area contributed by atoms with E-state index in [0.717, 1.165) is 38.5 Å². The number of aliphatic carboxylic acids is 1. The standard InChI is InChI=1S/C25H36O4/c1-25(2,18-19-12-7-6-8-13-19)23(27)17-10-5-3-4-9-14-21(24(28)29)20-15-11-16-22(20)26/h3-4,6-8,12-13,20-21,23,27H,5,9-11,14-18H2,1-2H3,(H,28,29)/b4-3-/t20-,21+,23-/m1/s1. The lowest BCUT2D eigenvalue weighted by Gasteiger charge is -2.30. The van der Waals surface area contributed by atoms with Gasteiger partial charge in [0.15, 0.2) is 0 Å². The van der Waals surface area contributed by atoms with Gasteiger partial charge in [0.2, 0.25) is 0 Å². The predicted octanol–water partition coefficient (Wildman–Crippen LogP) is 5.19. The number of aliphatic hydroxyl groups is 1. The minimum atomic E-state index is -0.845. The highest BCUT2D eigenvalue weighted by atomic mass is 16.4. The summed E-state index contributed by atoms with van der Waals surface area (Å²) in [4.78, 5) is 23.3. The fourth-order valence-corrected chi connectivity index (χ4v) is 4.34. The molecule has 4 heteroatoms. The summed E-state index contributed by atoms with van der Waals surface area (Å²) in [5, 5.41) is 20.0. The van der Waals surface area contributed by atoms with Crippen LogP contribution in [0.2, 0.25) is 0 Å². The topological polar surface area (TPSA) is 74.6 Å². The monoisotopic (exact) mass is 400 g/mol. The second kappa shape index (κ2) is 11.3. The first kappa shape index (κ1) is 23.3. The van der Waals surface area contributed by atoms with Crippen LogP contribution in [0.15, 0.2) is 42.5 Å². The van der Waals surface area contributed by atoms with Gasteiger partial charge in [-0.2, -0.15) is 0 Å². The molecule has 0 bridgehead atoms. The Kier molecular flexibility index (Phi) is 9.09. The average Bonchev–Trinajstić information content (AvgIpc) is 3.09. The van der Waals surface area contributed by atoms with Crippen LogP contribution >= 0.6 is 0 Å². The van der Waals surface area contributed by atoms with E-state index < -0.39 is 11.9 Å². The Hall–Kier alpha value is -1.94. The molecular formula is C25H36O4. The lowest BCUT2D eigenvalue weighted by atomic mass is 9.78. The fourth-order valence-electron chi connectivity index (χ4n) is 4.34. The van der Waals surface area contributed by atoms with Crippen LogP contribution in [0, 0.1) is 17.3 Å². The van der Waals surface area contributed by atoms with Gasteiger partial charge in [-0.3, -0.25) is 9.59 Å². The summed E-state index contributed by atoms with van der Waals surface area (Å²) in [6.07, 6.45) is 10.4. The summed E-state index contributed by atoms with van der Waals surface area (Å²) in [6.45, 7) is 4.22. The van der Waals surface area contributed by atoms with E-state index in [4.69, 9.17) is 0 Å². The average molecular weight is 401 g/mol. The molecule has 0 aliphatic heterocycles. The first-order valence-corrected chi connectivity index (χ1v) is 10.9. The van der Waals surface area contributed by atoms with Crippen LogP contribution in [0.1, 0.15) is 70.8 Å². The Bertz CT molecular complexity index is 677. The number of carbonyl (C=O) groups excluding carboxylic acids is 1. The summed E-state index contributed by atoms with van der Waals surface area (Å²) in [6, 6.07) is 10.3. The van der Waals surface area contributed by atoms with Gasteiger partial charge in [0.25, 0.3) is 0 Å². The van der Waals surface area contributed by atoms with E-state index in [-0.39, 0.29) is 23.2 Å². The van der Waals surface area contributed by atoms with E-state index in [2.05, 4.69) is 32.1 Å². The van der Waals surface area contributed by atoms with Gasteiger partial charge in [-0.1, -0.05) is 56.3 Å². The molecule has 160 valence electrons. The second-order valence-electron chi connectivity index (χ2n) is 9.06. The number of ketones is 1. The minimum Gasteiger partial charge on any atom is -0.481 e. The number of hydrogen-bond donors (Lipinski definition) is 2. The van der Waals surface area contributed by atoms with Crippen LogP contribution in [-0.2, 0) is 16.0 Å². The highest BCUT2D eigenvalue weighted by Crippen LogP contribution is 2.32. The molecule has 1 aromatic rings.